The summed E-state index contributed by atoms with van der Waals surface area (Å²) in [4.78, 5) is 0. The Bertz CT molecular complexity index is 323. The predicted octanol–water partition coefficient (Wildman–Crippen LogP) is 2.30. The van der Waals surface area contributed by atoms with Crippen LogP contribution in [0.1, 0.15) is 39.5 Å². The molecule has 0 heterocycles. The molecule has 1 saturated carbocycles. The molecule has 0 aromatic rings. The summed E-state index contributed by atoms with van der Waals surface area (Å²) in [6, 6.07) is 0.507. The molecule has 0 spiro atoms. The highest BCUT2D eigenvalue weighted by molar-refractivity contribution is 7.84. The summed E-state index contributed by atoms with van der Waals surface area (Å²) in [5, 5.41) is 10.8. The van der Waals surface area contributed by atoms with Gasteiger partial charge in [-0.2, -0.15) is 0 Å². The summed E-state index contributed by atoms with van der Waals surface area (Å²) >= 11 is 0. The molecule has 1 aliphatic carbocycles. The Morgan fingerprint density at radius 1 is 1.59 bits per heavy atom. The van der Waals surface area contributed by atoms with Gasteiger partial charge < -0.3 is 5.32 Å². The molecule has 3 nitrogen and oxygen atoms in total. The molecule has 1 aliphatic rings. The maximum atomic E-state index is 11.1. The Hall–Kier alpha value is -0.600. The first-order chi connectivity index (χ1) is 8.02. The van der Waals surface area contributed by atoms with E-state index in [0.717, 1.165) is 18.0 Å². The number of allylic oxidation sites excluding steroid dienone is 1. The Kier molecular flexibility index (Phi) is 5.93. The number of hydrogen-bond acceptors (Lipinski definition) is 3. The standard InChI is InChI=1S/C13H24N2OS/c1-10-4-5-12(8-10)15-13(9-14)11(2)6-7-17(3)16/h10-12,14-15H,4-8H2,1-3H3/t10?,11-,12-,17-/m0/s1. The molecule has 0 bridgehead atoms. The van der Waals surface area contributed by atoms with Crippen LogP contribution < -0.4 is 5.32 Å². The van der Waals surface area contributed by atoms with Gasteiger partial charge in [0.1, 0.15) is 0 Å². The van der Waals surface area contributed by atoms with Crippen LogP contribution in [0.2, 0.25) is 0 Å². The van der Waals surface area contributed by atoms with E-state index in [2.05, 4.69) is 25.0 Å². The molecule has 1 unspecified atom stereocenters. The van der Waals surface area contributed by atoms with Crippen molar-refractivity contribution in [2.24, 2.45) is 11.8 Å². The van der Waals surface area contributed by atoms with Gasteiger partial charge in [-0.1, -0.05) is 13.8 Å². The van der Waals surface area contributed by atoms with E-state index in [1.165, 1.54) is 19.3 Å². The van der Waals surface area contributed by atoms with Gasteiger partial charge in [-0.05, 0) is 37.5 Å². The monoisotopic (exact) mass is 256 g/mol. The number of rotatable bonds is 6. The Morgan fingerprint density at radius 2 is 2.29 bits per heavy atom. The zero-order valence-electron chi connectivity index (χ0n) is 11.1. The van der Waals surface area contributed by atoms with Crippen molar-refractivity contribution >= 4 is 16.7 Å². The van der Waals surface area contributed by atoms with Crippen molar-refractivity contribution in [2.75, 3.05) is 12.0 Å². The average Bonchev–Trinajstić information content (AvgIpc) is 2.68. The molecular weight excluding hydrogens is 232 g/mol. The average molecular weight is 256 g/mol. The van der Waals surface area contributed by atoms with Crippen LogP contribution >= 0.6 is 0 Å². The minimum Gasteiger partial charge on any atom is -0.378 e. The van der Waals surface area contributed by atoms with Crippen molar-refractivity contribution in [1.29, 1.82) is 5.41 Å². The van der Waals surface area contributed by atoms with Gasteiger partial charge in [0.15, 0.2) is 0 Å². The van der Waals surface area contributed by atoms with Crippen molar-refractivity contribution in [2.45, 2.75) is 45.6 Å². The van der Waals surface area contributed by atoms with Crippen molar-refractivity contribution in [1.82, 2.24) is 5.32 Å². The lowest BCUT2D eigenvalue weighted by atomic mass is 10.0. The van der Waals surface area contributed by atoms with Gasteiger partial charge >= 0.3 is 0 Å². The maximum absolute atomic E-state index is 11.1. The second-order valence-electron chi connectivity index (χ2n) is 5.27. The van der Waals surface area contributed by atoms with Gasteiger partial charge in [-0.15, -0.1) is 0 Å². The smallest absolute Gasteiger partial charge is 0.0759 e. The van der Waals surface area contributed by atoms with E-state index < -0.39 is 10.8 Å². The molecule has 0 aromatic heterocycles. The quantitative estimate of drug-likeness (QED) is 0.717. The summed E-state index contributed by atoms with van der Waals surface area (Å²) in [6.45, 7) is 4.36. The first-order valence-electron chi connectivity index (χ1n) is 6.39. The first-order valence-corrected chi connectivity index (χ1v) is 8.11. The lowest BCUT2D eigenvalue weighted by Gasteiger charge is -2.19. The molecule has 0 saturated heterocycles. The highest BCUT2D eigenvalue weighted by Gasteiger charge is 2.23. The fraction of sp³-hybridized carbons (Fsp3) is 0.846. The van der Waals surface area contributed by atoms with Crippen molar-refractivity contribution in [3.63, 3.8) is 0 Å². The Labute approximate surface area is 107 Å². The van der Waals surface area contributed by atoms with Crippen molar-refractivity contribution in [3.8, 4) is 0 Å². The van der Waals surface area contributed by atoms with E-state index in [1.54, 1.807) is 6.26 Å². The third-order valence-corrected chi connectivity index (χ3v) is 4.33. The molecule has 17 heavy (non-hydrogen) atoms. The van der Waals surface area contributed by atoms with Crippen LogP contribution in [0, 0.1) is 17.2 Å². The van der Waals surface area contributed by atoms with Crippen LogP contribution in [0.25, 0.3) is 0 Å². The van der Waals surface area contributed by atoms with E-state index in [9.17, 15) is 4.21 Å². The van der Waals surface area contributed by atoms with Crippen LogP contribution in [0.5, 0.6) is 0 Å². The van der Waals surface area contributed by atoms with Crippen LogP contribution in [-0.2, 0) is 10.8 Å². The summed E-state index contributed by atoms with van der Waals surface area (Å²) in [5.74, 6) is 4.27. The predicted molar refractivity (Wildman–Crippen MR) is 73.9 cm³/mol. The van der Waals surface area contributed by atoms with E-state index in [1.807, 2.05) is 0 Å². The molecule has 98 valence electrons. The molecule has 4 heteroatoms. The minimum absolute atomic E-state index is 0.257. The van der Waals surface area contributed by atoms with Gasteiger partial charge in [0.25, 0.3) is 0 Å². The SMILES string of the molecule is CC1CC[C@H](NC(=C=N)[C@@H](C)CC[S@](C)=O)C1. The second-order valence-corrected chi connectivity index (χ2v) is 6.82. The fourth-order valence-electron chi connectivity index (χ4n) is 2.35. The van der Waals surface area contributed by atoms with Gasteiger partial charge in [-0.3, -0.25) is 9.62 Å². The third kappa shape index (κ3) is 5.05. The summed E-state index contributed by atoms with van der Waals surface area (Å²) in [5.41, 5.74) is 0.884. The first kappa shape index (κ1) is 14.5. The lowest BCUT2D eigenvalue weighted by Crippen LogP contribution is -2.29. The van der Waals surface area contributed by atoms with Crippen LogP contribution in [0.3, 0.4) is 0 Å². The van der Waals surface area contributed by atoms with E-state index in [4.69, 9.17) is 5.41 Å². The molecule has 4 atom stereocenters. The summed E-state index contributed by atoms with van der Waals surface area (Å²) in [7, 11) is -0.744. The van der Waals surface area contributed by atoms with Crippen molar-refractivity contribution < 1.29 is 4.21 Å². The van der Waals surface area contributed by atoms with Gasteiger partial charge in [0.2, 0.25) is 0 Å². The number of nitrogens with one attached hydrogen (secondary N) is 2. The molecule has 0 radical (unpaired) electrons. The van der Waals surface area contributed by atoms with E-state index in [-0.39, 0.29) is 5.92 Å². The summed E-state index contributed by atoms with van der Waals surface area (Å²) in [6.07, 6.45) is 6.25. The third-order valence-electron chi connectivity index (χ3n) is 3.52. The zero-order valence-corrected chi connectivity index (χ0v) is 11.9. The summed E-state index contributed by atoms with van der Waals surface area (Å²) < 4.78 is 11.1. The topological polar surface area (TPSA) is 53.0 Å². The van der Waals surface area contributed by atoms with Gasteiger partial charge in [-0.25, -0.2) is 0 Å². The van der Waals surface area contributed by atoms with Gasteiger partial charge in [0, 0.05) is 34.8 Å². The van der Waals surface area contributed by atoms with Crippen LogP contribution in [-0.4, -0.2) is 28.1 Å². The highest BCUT2D eigenvalue weighted by Crippen LogP contribution is 2.26. The molecule has 0 aromatic carbocycles. The minimum atomic E-state index is -0.744. The molecular formula is C13H24N2OS. The highest BCUT2D eigenvalue weighted by atomic mass is 32.2. The Balaban J connectivity index is 2.43. The van der Waals surface area contributed by atoms with E-state index >= 15 is 0 Å². The van der Waals surface area contributed by atoms with Crippen molar-refractivity contribution in [3.05, 3.63) is 5.70 Å². The zero-order chi connectivity index (χ0) is 12.8. The lowest BCUT2D eigenvalue weighted by molar-refractivity contribution is 0.503. The normalized spacial score (nSPS) is 27.2. The largest absolute Gasteiger partial charge is 0.378 e. The fourth-order valence-corrected chi connectivity index (χ4v) is 3.03. The Morgan fingerprint density at radius 3 is 2.76 bits per heavy atom. The second kappa shape index (κ2) is 6.97. The molecule has 1 fully saturated rings. The van der Waals surface area contributed by atoms with Crippen LogP contribution in [0.4, 0.5) is 0 Å². The van der Waals surface area contributed by atoms with E-state index in [0.29, 0.717) is 11.8 Å². The molecule has 2 N–H and O–H groups in total. The van der Waals surface area contributed by atoms with Gasteiger partial charge in [0.05, 0.1) is 5.70 Å². The van der Waals surface area contributed by atoms with Crippen LogP contribution in [0.15, 0.2) is 5.70 Å². The molecule has 0 amide bonds. The number of hydrogen-bond donors (Lipinski definition) is 2. The molecule has 0 aliphatic heterocycles. The maximum Gasteiger partial charge on any atom is 0.0759 e. The molecule has 1 rings (SSSR count).